The van der Waals surface area contributed by atoms with Gasteiger partial charge in [-0.2, -0.15) is 0 Å². The van der Waals surface area contributed by atoms with Crippen LogP contribution in [0.5, 0.6) is 0 Å². The fraction of sp³-hybridized carbons (Fsp3) is 0.462. The summed E-state index contributed by atoms with van der Waals surface area (Å²) in [6.07, 6.45) is 1.84. The molecule has 1 aromatic heterocycles. The van der Waals surface area contributed by atoms with E-state index in [9.17, 15) is 19.8 Å². The highest BCUT2D eigenvalue weighted by Gasteiger charge is 2.30. The monoisotopic (exact) mass is 496 g/mol. The van der Waals surface area contributed by atoms with Crippen LogP contribution in [0.3, 0.4) is 0 Å². The van der Waals surface area contributed by atoms with E-state index in [0.717, 1.165) is 56.7 Å². The first-order valence-electron chi connectivity index (χ1n) is 12.7. The topological polar surface area (TPSA) is 135 Å². The smallest absolute Gasteiger partial charge is 0.328 e. The highest BCUT2D eigenvalue weighted by molar-refractivity contribution is 5.76. The first-order valence-corrected chi connectivity index (χ1v) is 12.7. The van der Waals surface area contributed by atoms with Crippen molar-refractivity contribution in [1.82, 2.24) is 25.1 Å². The second-order valence-electron chi connectivity index (χ2n) is 9.06. The molecule has 0 spiro atoms. The summed E-state index contributed by atoms with van der Waals surface area (Å²) in [7, 11) is 0. The number of hydrogen-bond acceptors (Lipinski definition) is 8. The Morgan fingerprint density at radius 3 is 2.22 bits per heavy atom. The molecule has 194 valence electrons. The summed E-state index contributed by atoms with van der Waals surface area (Å²) in [6.45, 7) is 4.28. The van der Waals surface area contributed by atoms with E-state index in [2.05, 4.69) is 20.9 Å². The van der Waals surface area contributed by atoms with Crippen LogP contribution < -0.4 is 27.2 Å². The average molecular weight is 497 g/mol. The SMILES string of the molecule is O=c1[nH]c2ccccc2c(=O)n1CCCNCCCCNCCCN1C(O)Nc2ccccc2C1O. The fourth-order valence-electron chi connectivity index (χ4n) is 4.53. The Labute approximate surface area is 210 Å². The maximum atomic E-state index is 12.5. The zero-order valence-electron chi connectivity index (χ0n) is 20.4. The predicted molar refractivity (Wildman–Crippen MR) is 141 cm³/mol. The molecule has 0 saturated heterocycles. The van der Waals surface area contributed by atoms with E-state index in [1.54, 1.807) is 29.2 Å². The number of anilines is 1. The Bertz CT molecular complexity index is 1240. The largest absolute Gasteiger partial charge is 0.374 e. The molecule has 2 aromatic carbocycles. The number of aromatic amines is 1. The fourth-order valence-corrected chi connectivity index (χ4v) is 4.53. The minimum atomic E-state index is -0.904. The molecule has 3 aromatic rings. The maximum absolute atomic E-state index is 12.5. The van der Waals surface area contributed by atoms with Gasteiger partial charge in [-0.1, -0.05) is 30.3 Å². The summed E-state index contributed by atoms with van der Waals surface area (Å²) in [4.78, 5) is 29.1. The number of fused-ring (bicyclic) bond motifs is 2. The minimum absolute atomic E-state index is 0.245. The lowest BCUT2D eigenvalue weighted by molar-refractivity contribution is -0.0979. The van der Waals surface area contributed by atoms with Crippen LogP contribution in [0.4, 0.5) is 5.69 Å². The molecule has 0 saturated carbocycles. The Kier molecular flexibility index (Phi) is 9.26. The molecule has 0 radical (unpaired) electrons. The third-order valence-corrected chi connectivity index (χ3v) is 6.50. The normalized spacial score (nSPS) is 17.7. The van der Waals surface area contributed by atoms with Gasteiger partial charge in [-0.3, -0.25) is 9.36 Å². The molecule has 10 heteroatoms. The van der Waals surface area contributed by atoms with E-state index < -0.39 is 12.6 Å². The number of hydrogen-bond donors (Lipinski definition) is 6. The van der Waals surface area contributed by atoms with E-state index >= 15 is 0 Å². The van der Waals surface area contributed by atoms with Crippen molar-refractivity contribution >= 4 is 16.6 Å². The Balaban J connectivity index is 1.04. The van der Waals surface area contributed by atoms with Gasteiger partial charge in [0.1, 0.15) is 6.23 Å². The average Bonchev–Trinajstić information content (AvgIpc) is 2.88. The third-order valence-electron chi connectivity index (χ3n) is 6.50. The van der Waals surface area contributed by atoms with Crippen molar-refractivity contribution in [1.29, 1.82) is 0 Å². The molecule has 1 aliphatic heterocycles. The molecule has 10 nitrogen and oxygen atoms in total. The summed E-state index contributed by atoms with van der Waals surface area (Å²) in [5.74, 6) is 0. The van der Waals surface area contributed by atoms with Gasteiger partial charge < -0.3 is 31.1 Å². The first kappa shape index (κ1) is 26.1. The molecule has 1 aliphatic rings. The number of aliphatic hydroxyl groups is 2. The van der Waals surface area contributed by atoms with Crippen molar-refractivity contribution in [3.05, 3.63) is 74.9 Å². The molecular formula is C26H36N6O4. The lowest BCUT2D eigenvalue weighted by Crippen LogP contribution is -2.47. The van der Waals surface area contributed by atoms with Crippen LogP contribution in [0.15, 0.2) is 58.1 Å². The quantitative estimate of drug-likeness (QED) is 0.194. The molecule has 0 fully saturated rings. The number of nitrogens with zero attached hydrogens (tertiary/aromatic N) is 2. The highest BCUT2D eigenvalue weighted by Crippen LogP contribution is 2.31. The van der Waals surface area contributed by atoms with Crippen molar-refractivity contribution in [3.8, 4) is 0 Å². The first-order chi connectivity index (χ1) is 17.6. The number of aromatic nitrogens is 2. The number of unbranched alkanes of at least 4 members (excludes halogenated alkanes) is 1. The maximum Gasteiger partial charge on any atom is 0.328 e. The van der Waals surface area contributed by atoms with E-state index in [-0.39, 0.29) is 11.2 Å². The molecule has 0 amide bonds. The zero-order valence-corrected chi connectivity index (χ0v) is 20.4. The predicted octanol–water partition coefficient (Wildman–Crippen LogP) is 1.12. The van der Waals surface area contributed by atoms with E-state index in [1.807, 2.05) is 24.3 Å². The van der Waals surface area contributed by atoms with Crippen molar-refractivity contribution in [3.63, 3.8) is 0 Å². The van der Waals surface area contributed by atoms with Crippen LogP contribution in [-0.2, 0) is 6.54 Å². The van der Waals surface area contributed by atoms with E-state index in [1.165, 1.54) is 4.57 Å². The molecule has 36 heavy (non-hydrogen) atoms. The van der Waals surface area contributed by atoms with Gasteiger partial charge in [0.2, 0.25) is 0 Å². The van der Waals surface area contributed by atoms with E-state index in [0.29, 0.717) is 30.4 Å². The van der Waals surface area contributed by atoms with Gasteiger partial charge in [0.05, 0.1) is 10.9 Å². The Hall–Kier alpha value is -3.02. The highest BCUT2D eigenvalue weighted by atomic mass is 16.3. The number of nitrogens with one attached hydrogen (secondary N) is 4. The molecule has 2 atom stereocenters. The van der Waals surface area contributed by atoms with Crippen molar-refractivity contribution in [2.75, 3.05) is 38.0 Å². The van der Waals surface area contributed by atoms with Crippen LogP contribution in [-0.4, -0.2) is 63.7 Å². The third kappa shape index (κ3) is 6.40. The lowest BCUT2D eigenvalue weighted by atomic mass is 10.1. The van der Waals surface area contributed by atoms with Gasteiger partial charge >= 0.3 is 5.69 Å². The van der Waals surface area contributed by atoms with Gasteiger partial charge in [0, 0.05) is 24.3 Å². The summed E-state index contributed by atoms with van der Waals surface area (Å²) < 4.78 is 1.27. The van der Waals surface area contributed by atoms with Gasteiger partial charge in [-0.15, -0.1) is 0 Å². The lowest BCUT2D eigenvalue weighted by Gasteiger charge is -2.38. The zero-order chi connectivity index (χ0) is 25.3. The van der Waals surface area contributed by atoms with Gasteiger partial charge in [-0.05, 0) is 70.1 Å². The molecule has 0 bridgehead atoms. The van der Waals surface area contributed by atoms with Crippen molar-refractivity contribution < 1.29 is 10.2 Å². The summed E-state index contributed by atoms with van der Waals surface area (Å²) >= 11 is 0. The molecule has 4 rings (SSSR count). The summed E-state index contributed by atoms with van der Waals surface area (Å²) in [5, 5.41) is 31.1. The van der Waals surface area contributed by atoms with Crippen LogP contribution in [0.2, 0.25) is 0 Å². The molecule has 2 unspecified atom stereocenters. The van der Waals surface area contributed by atoms with Crippen molar-refractivity contribution in [2.45, 2.75) is 44.8 Å². The second kappa shape index (κ2) is 12.8. The van der Waals surface area contributed by atoms with Gasteiger partial charge in [-0.25, -0.2) is 9.69 Å². The Morgan fingerprint density at radius 1 is 0.806 bits per heavy atom. The van der Waals surface area contributed by atoms with Gasteiger partial charge in [0.15, 0.2) is 6.35 Å². The minimum Gasteiger partial charge on any atom is -0.374 e. The molecule has 6 N–H and O–H groups in total. The number of rotatable bonds is 13. The van der Waals surface area contributed by atoms with Gasteiger partial charge in [0.25, 0.3) is 5.56 Å². The van der Waals surface area contributed by atoms with E-state index in [4.69, 9.17) is 0 Å². The van der Waals surface area contributed by atoms with Crippen LogP contribution in [0.25, 0.3) is 10.9 Å². The number of H-pyrrole nitrogens is 1. The van der Waals surface area contributed by atoms with Crippen LogP contribution in [0.1, 0.15) is 37.5 Å². The number of aliphatic hydroxyl groups excluding tert-OH is 2. The molecule has 2 heterocycles. The van der Waals surface area contributed by atoms with Crippen LogP contribution in [0, 0.1) is 0 Å². The van der Waals surface area contributed by atoms with Crippen molar-refractivity contribution in [2.24, 2.45) is 0 Å². The Morgan fingerprint density at radius 2 is 1.44 bits per heavy atom. The number of para-hydroxylation sites is 2. The molecular weight excluding hydrogens is 460 g/mol. The second-order valence-corrected chi connectivity index (χ2v) is 9.06. The molecule has 0 aliphatic carbocycles. The summed E-state index contributed by atoms with van der Waals surface area (Å²) in [6, 6.07) is 14.5. The number of benzene rings is 2. The van der Waals surface area contributed by atoms with Crippen LogP contribution >= 0.6 is 0 Å². The summed E-state index contributed by atoms with van der Waals surface area (Å²) in [5.41, 5.74) is 1.50. The standard InChI is InChI=1S/C26H36N6O4/c33-23-19-9-1-3-11-21(19)29-25(35)31(23)17-7-15-27-13-5-6-14-28-16-8-18-32-24(34)20-10-2-4-12-22(20)30-26(32)36/h1-4,9-12,23,25,27-29,33,35H,5-8,13-18H2,(H,30,36).